The summed E-state index contributed by atoms with van der Waals surface area (Å²) in [6.45, 7) is 16.1. The van der Waals surface area contributed by atoms with E-state index in [9.17, 15) is 36.9 Å². The zero-order chi connectivity index (χ0) is 77.5. The second-order valence-corrected chi connectivity index (χ2v) is 25.2. The Bertz CT molecular complexity index is 3210. The predicted molar refractivity (Wildman–Crippen MR) is 385 cm³/mol. The van der Waals surface area contributed by atoms with Crippen LogP contribution in [0.5, 0.6) is 17.2 Å². The molecule has 4 aromatic rings. The summed E-state index contributed by atoms with van der Waals surface area (Å²) in [5.74, 6) is -2.94. The van der Waals surface area contributed by atoms with Crippen molar-refractivity contribution in [3.8, 4) is 17.2 Å². The van der Waals surface area contributed by atoms with Crippen molar-refractivity contribution < 1.29 is 146 Å². The Morgan fingerprint density at radius 1 is 0.454 bits per heavy atom. The highest BCUT2D eigenvalue weighted by Gasteiger charge is 2.33. The van der Waals surface area contributed by atoms with Gasteiger partial charge in [-0.3, -0.25) is 19.2 Å². The molecule has 1 aliphatic rings. The van der Waals surface area contributed by atoms with Gasteiger partial charge in [-0.15, -0.1) is 5.06 Å². The van der Waals surface area contributed by atoms with Gasteiger partial charge in [0, 0.05) is 82.9 Å². The molecule has 34 nitrogen and oxygen atoms in total. The lowest BCUT2D eigenvalue weighted by Gasteiger charge is -2.17. The lowest BCUT2D eigenvalue weighted by Crippen LogP contribution is -2.37. The molecule has 0 unspecified atom stereocenters. The van der Waals surface area contributed by atoms with Gasteiger partial charge in [0.05, 0.1) is 238 Å². The standard InChI is InChI=1S/C73H110N4O30S/c1-57-53-59(72(82)75-16-19-90-25-27-94-33-35-97-34-32-93-26-24-89-18-15-74-66(78)7-5-8-69(81)107-77-67(79)13-14-68(77)80)54-58(2)71(57)106-73(83)70-62-55-60(104-50-48-102-46-44-100-42-40-98-38-36-95-30-28-91-22-20-87-3)9-11-64(62)76(17-6-52-108(84,85)86)65-12-10-61(56-63(65)70)105-51-49-103-47-45-101-43-41-99-39-37-96-31-29-92-23-21-88-4/h9-12,53-56H,5-8,13-52H2,1-4H3,(H2-,74,75,78,82,84,85,86). The molecule has 608 valence electrons. The van der Waals surface area contributed by atoms with Gasteiger partial charge in [-0.25, -0.2) is 18.0 Å². The Morgan fingerprint density at radius 2 is 0.806 bits per heavy atom. The van der Waals surface area contributed by atoms with Gasteiger partial charge in [0.2, 0.25) is 16.9 Å². The van der Waals surface area contributed by atoms with Gasteiger partial charge >= 0.3 is 11.9 Å². The van der Waals surface area contributed by atoms with Crippen LogP contribution >= 0.6 is 0 Å². The Balaban J connectivity index is 1.08. The van der Waals surface area contributed by atoms with Gasteiger partial charge in [-0.2, -0.15) is 4.57 Å². The van der Waals surface area contributed by atoms with Crippen molar-refractivity contribution >= 4 is 67.5 Å². The molecule has 1 aliphatic heterocycles. The van der Waals surface area contributed by atoms with E-state index in [0.717, 1.165) is 0 Å². The number of amides is 4. The SMILES string of the molecule is COCCOCCOCCOCCOCCOCCOc1ccc2c(c1)c(C(=O)Oc1c(C)cc(C(=O)NCCOCCOCCOCCOCCOCCNC(=O)CCCC(=O)ON3C(=O)CCC3=O)cc1C)c1cc(OCCOCCOCCOCCOCCOCCOC)ccc1[n+]2CCCS(=O)(=O)[O-]. The summed E-state index contributed by atoms with van der Waals surface area (Å²) in [4.78, 5) is 80.4. The predicted octanol–water partition coefficient (Wildman–Crippen LogP) is 2.97. The number of pyridine rings is 1. The maximum absolute atomic E-state index is 15.1. The molecule has 108 heavy (non-hydrogen) atoms. The third-order valence-electron chi connectivity index (χ3n) is 15.4. The van der Waals surface area contributed by atoms with Crippen LogP contribution in [-0.2, 0) is 121 Å². The second-order valence-electron chi connectivity index (χ2n) is 23.7. The van der Waals surface area contributed by atoms with Crippen molar-refractivity contribution in [2.24, 2.45) is 0 Å². The number of esters is 1. The first-order chi connectivity index (χ1) is 52.6. The number of hydroxylamine groups is 2. The van der Waals surface area contributed by atoms with Crippen LogP contribution in [0.3, 0.4) is 0 Å². The van der Waals surface area contributed by atoms with Gasteiger partial charge in [-0.1, -0.05) is 0 Å². The van der Waals surface area contributed by atoms with Crippen molar-refractivity contribution in [2.45, 2.75) is 58.9 Å². The molecular formula is C73H110N4O30S. The van der Waals surface area contributed by atoms with Crippen LogP contribution < -0.4 is 29.4 Å². The van der Waals surface area contributed by atoms with Crippen LogP contribution in [0.4, 0.5) is 0 Å². The smallest absolute Gasteiger partial charge is 0.345 e. The number of hydrogen-bond donors (Lipinski definition) is 2. The van der Waals surface area contributed by atoms with Gasteiger partial charge in [-0.05, 0) is 67.8 Å². The van der Waals surface area contributed by atoms with Crippen LogP contribution in [0.25, 0.3) is 21.8 Å². The largest absolute Gasteiger partial charge is 0.748 e. The molecule has 3 aromatic carbocycles. The molecule has 1 saturated heterocycles. The molecule has 0 aliphatic carbocycles. The summed E-state index contributed by atoms with van der Waals surface area (Å²) in [7, 11) is -1.35. The highest BCUT2D eigenvalue weighted by molar-refractivity contribution is 7.85. The number of hydrogen-bond acceptors (Lipinski definition) is 30. The van der Waals surface area contributed by atoms with E-state index in [2.05, 4.69) is 10.6 Å². The number of methoxy groups -OCH3 is 2. The minimum absolute atomic E-state index is 0.00523. The van der Waals surface area contributed by atoms with Gasteiger partial charge in [0.1, 0.15) is 30.5 Å². The van der Waals surface area contributed by atoms with E-state index in [-0.39, 0.29) is 128 Å². The van der Waals surface area contributed by atoms with E-state index in [4.69, 9.17) is 99.6 Å². The minimum atomic E-state index is -4.58. The molecule has 0 spiro atoms. The molecular weight excluding hydrogens is 1440 g/mol. The molecule has 4 amide bonds. The average molecular weight is 1560 g/mol. The first-order valence-corrected chi connectivity index (χ1v) is 37.9. The number of nitrogens with one attached hydrogen (secondary N) is 2. The average Bonchev–Trinajstić information content (AvgIpc) is 0.960. The summed E-state index contributed by atoms with van der Waals surface area (Å²) < 4.78 is 150. The maximum Gasteiger partial charge on any atom is 0.345 e. The van der Waals surface area contributed by atoms with Gasteiger partial charge in [0.15, 0.2) is 6.54 Å². The fourth-order valence-electron chi connectivity index (χ4n) is 10.2. The van der Waals surface area contributed by atoms with Crippen molar-refractivity contribution in [1.82, 2.24) is 15.7 Å². The van der Waals surface area contributed by atoms with E-state index in [1.54, 1.807) is 76.6 Å². The Morgan fingerprint density at radius 3 is 1.18 bits per heavy atom. The number of carbonyl (C=O) groups is 6. The van der Waals surface area contributed by atoms with Crippen LogP contribution in [0.1, 0.15) is 70.4 Å². The van der Waals surface area contributed by atoms with E-state index >= 15 is 4.79 Å². The van der Waals surface area contributed by atoms with Crippen molar-refractivity contribution in [1.29, 1.82) is 0 Å². The highest BCUT2D eigenvalue weighted by Crippen LogP contribution is 2.34. The van der Waals surface area contributed by atoms with Crippen LogP contribution in [0, 0.1) is 13.8 Å². The summed E-state index contributed by atoms with van der Waals surface area (Å²) in [5, 5.41) is 6.79. The van der Waals surface area contributed by atoms with Gasteiger partial charge < -0.3 is 115 Å². The van der Waals surface area contributed by atoms with E-state index in [1.165, 1.54) is 0 Å². The molecule has 0 radical (unpaired) electrons. The summed E-state index contributed by atoms with van der Waals surface area (Å²) in [5.41, 5.74) is 2.46. The summed E-state index contributed by atoms with van der Waals surface area (Å²) in [6, 6.07) is 13.6. The quantitative estimate of drug-likeness (QED) is 0.0122. The van der Waals surface area contributed by atoms with Crippen LogP contribution in [0.15, 0.2) is 48.5 Å². The first kappa shape index (κ1) is 91.8. The molecule has 1 fully saturated rings. The Hall–Kier alpha value is -6.82. The van der Waals surface area contributed by atoms with E-state index in [1.807, 2.05) is 4.57 Å². The lowest BCUT2D eigenvalue weighted by atomic mass is 10.0. The molecule has 0 saturated carbocycles. The van der Waals surface area contributed by atoms with Crippen LogP contribution in [0.2, 0.25) is 0 Å². The molecule has 2 heterocycles. The number of fused-ring (bicyclic) bond motifs is 2. The number of aryl methyl sites for hydroxylation is 3. The number of carbonyl (C=O) groups excluding carboxylic acids is 6. The Labute approximate surface area is 631 Å². The zero-order valence-electron chi connectivity index (χ0n) is 62.8. The summed E-state index contributed by atoms with van der Waals surface area (Å²) >= 11 is 0. The normalized spacial score (nSPS) is 12.4. The zero-order valence-corrected chi connectivity index (χ0v) is 63.6. The van der Waals surface area contributed by atoms with Crippen molar-refractivity contribution in [3.05, 3.63) is 70.8 Å². The molecule has 1 aromatic heterocycles. The van der Waals surface area contributed by atoms with E-state index < -0.39 is 39.6 Å². The molecule has 35 heteroatoms. The third-order valence-corrected chi connectivity index (χ3v) is 16.1. The number of aromatic nitrogens is 1. The fraction of sp³-hybridized carbons (Fsp3) is 0.658. The number of ether oxygens (including phenoxy) is 20. The first-order valence-electron chi connectivity index (χ1n) is 36.3. The molecule has 0 atom stereocenters. The number of benzene rings is 3. The fourth-order valence-corrected chi connectivity index (χ4v) is 10.6. The monoisotopic (exact) mass is 1550 g/mol. The Kier molecular flexibility index (Phi) is 48.7. The highest BCUT2D eigenvalue weighted by atomic mass is 32.2. The van der Waals surface area contributed by atoms with Crippen molar-refractivity contribution in [2.75, 3.05) is 258 Å². The van der Waals surface area contributed by atoms with Gasteiger partial charge in [0.25, 0.3) is 17.7 Å². The lowest BCUT2D eigenvalue weighted by molar-refractivity contribution is -0.645. The number of rotatable bonds is 68. The minimum Gasteiger partial charge on any atom is -0.748 e. The molecule has 2 N–H and O–H groups in total. The second kappa shape index (κ2) is 57.3. The summed E-state index contributed by atoms with van der Waals surface area (Å²) in [6.07, 6.45) is 0.112. The number of nitrogens with zero attached hydrogens (tertiary/aromatic N) is 2. The van der Waals surface area contributed by atoms with Crippen LogP contribution in [-0.4, -0.2) is 311 Å². The molecule has 0 bridgehead atoms. The van der Waals surface area contributed by atoms with E-state index in [0.29, 0.717) is 233 Å². The maximum atomic E-state index is 15.1. The molecule has 5 rings (SSSR count). The number of imide groups is 1. The topological polar surface area (TPSA) is 385 Å². The van der Waals surface area contributed by atoms with Crippen molar-refractivity contribution in [3.63, 3.8) is 0 Å². The third kappa shape index (κ3) is 39.7.